The fourth-order valence-electron chi connectivity index (χ4n) is 4.74. The first-order valence-electron chi connectivity index (χ1n) is 13.5. The van der Waals surface area contributed by atoms with Crippen molar-refractivity contribution in [2.45, 2.75) is 84.5 Å². The van der Waals surface area contributed by atoms with Gasteiger partial charge in [-0.15, -0.1) is 0 Å². The summed E-state index contributed by atoms with van der Waals surface area (Å²) in [5.41, 5.74) is 4.84. The van der Waals surface area contributed by atoms with Crippen LogP contribution in [0.15, 0.2) is 54.6 Å². The van der Waals surface area contributed by atoms with E-state index in [1.165, 1.54) is 18.2 Å². The number of hydrogen-bond acceptors (Lipinski definition) is 5. The van der Waals surface area contributed by atoms with Crippen molar-refractivity contribution in [3.8, 4) is 0 Å². The Balaban J connectivity index is 1.78. The highest BCUT2D eigenvalue weighted by Crippen LogP contribution is 2.24. The second-order valence-electron chi connectivity index (χ2n) is 10.8. The van der Waals surface area contributed by atoms with Crippen LogP contribution in [0.4, 0.5) is 0 Å². The van der Waals surface area contributed by atoms with Crippen LogP contribution in [0.1, 0.15) is 81.7 Å². The van der Waals surface area contributed by atoms with Crippen molar-refractivity contribution in [2.24, 2.45) is 5.92 Å². The highest BCUT2D eigenvalue weighted by atomic mass is 16.5. The van der Waals surface area contributed by atoms with Crippen molar-refractivity contribution in [3.05, 3.63) is 76.9 Å². The minimum Gasteiger partial charge on any atom is -0.469 e. The number of aliphatic hydroxyl groups excluding tert-OH is 1. The van der Waals surface area contributed by atoms with Gasteiger partial charge in [-0.05, 0) is 81.5 Å². The number of β-amino-alcohol motifs (C(OH)–C–C–N with tert-alkyl or cyclic N) is 1. The maximum absolute atomic E-state index is 11.3. The fraction of sp³-hybridized carbons (Fsp3) is 0.531. The molecule has 2 rings (SSSR count). The Morgan fingerprint density at radius 2 is 1.81 bits per heavy atom. The Morgan fingerprint density at radius 1 is 1.11 bits per heavy atom. The van der Waals surface area contributed by atoms with Crippen molar-refractivity contribution < 1.29 is 19.4 Å². The zero-order chi connectivity index (χ0) is 27.3. The van der Waals surface area contributed by atoms with Crippen LogP contribution in [0.2, 0.25) is 0 Å². The third-order valence-corrected chi connectivity index (χ3v) is 6.75. The predicted molar refractivity (Wildman–Crippen MR) is 152 cm³/mol. The number of aryl methyl sites for hydroxylation is 1. The summed E-state index contributed by atoms with van der Waals surface area (Å²) < 4.78 is 10.7. The van der Waals surface area contributed by atoms with Gasteiger partial charge >= 0.3 is 5.97 Å². The van der Waals surface area contributed by atoms with Crippen LogP contribution in [0.25, 0.3) is 6.08 Å². The SMILES string of the molecule is COC(=O)CCC/C=C/c1ccccc1[C@@H](C)OC[C@H](O)CNC(C)(C)CC(C)Cc1ccccc1C. The van der Waals surface area contributed by atoms with Gasteiger partial charge in [0.1, 0.15) is 0 Å². The van der Waals surface area contributed by atoms with Crippen LogP contribution < -0.4 is 5.32 Å². The fourth-order valence-corrected chi connectivity index (χ4v) is 4.74. The van der Waals surface area contributed by atoms with Gasteiger partial charge < -0.3 is 19.9 Å². The molecule has 0 heterocycles. The Morgan fingerprint density at radius 3 is 2.54 bits per heavy atom. The largest absolute Gasteiger partial charge is 0.469 e. The average Bonchev–Trinajstić information content (AvgIpc) is 2.87. The number of esters is 1. The lowest BCUT2D eigenvalue weighted by Crippen LogP contribution is -2.45. The lowest BCUT2D eigenvalue weighted by molar-refractivity contribution is -0.140. The van der Waals surface area contributed by atoms with Crippen molar-refractivity contribution in [1.82, 2.24) is 5.32 Å². The Hall–Kier alpha value is -2.47. The van der Waals surface area contributed by atoms with Crippen molar-refractivity contribution in [1.29, 1.82) is 0 Å². The molecule has 1 unspecified atom stereocenters. The van der Waals surface area contributed by atoms with E-state index in [4.69, 9.17) is 4.74 Å². The lowest BCUT2D eigenvalue weighted by Gasteiger charge is -2.31. The molecule has 204 valence electrons. The van der Waals surface area contributed by atoms with Gasteiger partial charge in [0.05, 0.1) is 25.9 Å². The summed E-state index contributed by atoms with van der Waals surface area (Å²) in [6.45, 7) is 11.6. The minimum absolute atomic E-state index is 0.0834. The predicted octanol–water partition coefficient (Wildman–Crippen LogP) is 6.43. The van der Waals surface area contributed by atoms with Gasteiger partial charge in [-0.2, -0.15) is 0 Å². The van der Waals surface area contributed by atoms with E-state index >= 15 is 0 Å². The molecule has 0 spiro atoms. The number of methoxy groups -OCH3 is 1. The minimum atomic E-state index is -0.588. The second kappa shape index (κ2) is 15.7. The first-order chi connectivity index (χ1) is 17.6. The highest BCUT2D eigenvalue weighted by molar-refractivity contribution is 5.69. The van der Waals surface area contributed by atoms with Gasteiger partial charge in [-0.3, -0.25) is 4.79 Å². The quantitative estimate of drug-likeness (QED) is 0.202. The maximum atomic E-state index is 11.3. The van der Waals surface area contributed by atoms with Crippen LogP contribution in [0, 0.1) is 12.8 Å². The van der Waals surface area contributed by atoms with Gasteiger partial charge in [0.2, 0.25) is 0 Å². The molecule has 0 aliphatic heterocycles. The number of hydrogen-bond donors (Lipinski definition) is 2. The number of rotatable bonds is 16. The Labute approximate surface area is 224 Å². The van der Waals surface area contributed by atoms with E-state index in [1.807, 2.05) is 19.1 Å². The van der Waals surface area contributed by atoms with Crippen LogP contribution >= 0.6 is 0 Å². The summed E-state index contributed by atoms with van der Waals surface area (Å²) in [4.78, 5) is 11.3. The zero-order valence-corrected chi connectivity index (χ0v) is 23.6. The van der Waals surface area contributed by atoms with E-state index < -0.39 is 6.10 Å². The molecule has 0 amide bonds. The third kappa shape index (κ3) is 11.6. The molecule has 0 saturated heterocycles. The van der Waals surface area contributed by atoms with E-state index in [0.717, 1.165) is 36.8 Å². The summed E-state index contributed by atoms with van der Waals surface area (Å²) in [7, 11) is 1.41. The van der Waals surface area contributed by atoms with E-state index in [2.05, 4.69) is 86.3 Å². The summed E-state index contributed by atoms with van der Waals surface area (Å²) in [6.07, 6.45) is 7.49. The van der Waals surface area contributed by atoms with Crippen LogP contribution in [-0.2, 0) is 20.7 Å². The molecule has 37 heavy (non-hydrogen) atoms. The molecular formula is C32H47NO4. The number of unbranched alkanes of at least 4 members (excludes halogenated alkanes) is 1. The number of carbonyl (C=O) groups is 1. The topological polar surface area (TPSA) is 67.8 Å². The monoisotopic (exact) mass is 509 g/mol. The lowest BCUT2D eigenvalue weighted by atomic mass is 9.86. The summed E-state index contributed by atoms with van der Waals surface area (Å²) in [6, 6.07) is 16.7. The molecule has 2 aromatic rings. The number of carbonyl (C=O) groups excluding carboxylic acids is 1. The standard InChI is InChI=1S/C32H47NO4/c1-24(20-28-17-11-10-14-25(28)2)21-32(4,5)33-22-29(34)23-37-26(3)30-18-13-12-16-27(30)15-8-7-9-19-31(35)36-6/h8,10-18,24,26,29,33-34H,7,9,19-23H2,1-6H3/b15-8+/t24?,26-,29-/m1/s1. The molecule has 3 atom stereocenters. The molecule has 0 radical (unpaired) electrons. The molecule has 0 saturated carbocycles. The first-order valence-corrected chi connectivity index (χ1v) is 13.5. The van der Waals surface area contributed by atoms with Crippen LogP contribution in [0.5, 0.6) is 0 Å². The van der Waals surface area contributed by atoms with Gasteiger partial charge in [0.15, 0.2) is 0 Å². The molecule has 2 N–H and O–H groups in total. The Bertz CT molecular complexity index is 984. The molecule has 0 fully saturated rings. The van der Waals surface area contributed by atoms with Crippen molar-refractivity contribution in [2.75, 3.05) is 20.3 Å². The van der Waals surface area contributed by atoms with E-state index in [1.54, 1.807) is 0 Å². The Kier molecular flexibility index (Phi) is 13.1. The van der Waals surface area contributed by atoms with Gasteiger partial charge in [-0.1, -0.05) is 67.6 Å². The van der Waals surface area contributed by atoms with Gasteiger partial charge in [-0.25, -0.2) is 0 Å². The molecule has 5 nitrogen and oxygen atoms in total. The van der Waals surface area contributed by atoms with E-state index in [9.17, 15) is 9.90 Å². The second-order valence-corrected chi connectivity index (χ2v) is 10.8. The number of allylic oxidation sites excluding steroid dienone is 1. The van der Waals surface area contributed by atoms with Gasteiger partial charge in [0, 0.05) is 18.5 Å². The molecular weight excluding hydrogens is 462 g/mol. The van der Waals surface area contributed by atoms with E-state index in [-0.39, 0.29) is 24.2 Å². The molecule has 0 aromatic heterocycles. The first kappa shape index (κ1) is 30.8. The molecule has 0 bridgehead atoms. The zero-order valence-electron chi connectivity index (χ0n) is 23.6. The summed E-state index contributed by atoms with van der Waals surface area (Å²) in [5, 5.41) is 14.2. The summed E-state index contributed by atoms with van der Waals surface area (Å²) in [5.74, 6) is 0.353. The van der Waals surface area contributed by atoms with Crippen LogP contribution in [-0.4, -0.2) is 43.0 Å². The molecule has 0 aliphatic carbocycles. The number of nitrogens with one attached hydrogen (secondary N) is 1. The maximum Gasteiger partial charge on any atom is 0.305 e. The van der Waals surface area contributed by atoms with Gasteiger partial charge in [0.25, 0.3) is 0 Å². The van der Waals surface area contributed by atoms with Crippen LogP contribution in [0.3, 0.4) is 0 Å². The number of aliphatic hydroxyl groups is 1. The smallest absolute Gasteiger partial charge is 0.305 e. The molecule has 5 heteroatoms. The number of benzene rings is 2. The number of ether oxygens (including phenoxy) is 2. The molecule has 0 aliphatic rings. The highest BCUT2D eigenvalue weighted by Gasteiger charge is 2.22. The van der Waals surface area contributed by atoms with E-state index in [0.29, 0.717) is 18.9 Å². The van der Waals surface area contributed by atoms with Crippen molar-refractivity contribution in [3.63, 3.8) is 0 Å². The molecule has 2 aromatic carbocycles. The summed E-state index contributed by atoms with van der Waals surface area (Å²) >= 11 is 0. The third-order valence-electron chi connectivity index (χ3n) is 6.75. The van der Waals surface area contributed by atoms with Crippen molar-refractivity contribution >= 4 is 12.0 Å². The average molecular weight is 510 g/mol. The normalized spacial score (nSPS) is 14.5.